The van der Waals surface area contributed by atoms with E-state index in [4.69, 9.17) is 32.7 Å². The van der Waals surface area contributed by atoms with Crippen molar-refractivity contribution in [2.75, 3.05) is 29.9 Å². The van der Waals surface area contributed by atoms with E-state index in [1.165, 1.54) is 17.9 Å². The summed E-state index contributed by atoms with van der Waals surface area (Å²) in [5, 5.41) is 3.54. The summed E-state index contributed by atoms with van der Waals surface area (Å²) >= 11 is 13.0. The third-order valence-corrected chi connectivity index (χ3v) is 9.28. The Morgan fingerprint density at radius 3 is 2.31 bits per heavy atom. The second kappa shape index (κ2) is 14.1. The van der Waals surface area contributed by atoms with Crippen LogP contribution in [0.1, 0.15) is 31.4 Å². The predicted octanol–water partition coefficient (Wildman–Crippen LogP) is 5.04. The maximum Gasteiger partial charge on any atom is 0.244 e. The van der Waals surface area contributed by atoms with Crippen LogP contribution >= 0.6 is 23.2 Å². The Labute approximate surface area is 256 Å². The van der Waals surface area contributed by atoms with Crippen molar-refractivity contribution in [2.24, 2.45) is 0 Å². The highest BCUT2D eigenvalue weighted by molar-refractivity contribution is 7.92. The minimum atomic E-state index is -3.93. The molecule has 1 unspecified atom stereocenters. The van der Waals surface area contributed by atoms with Gasteiger partial charge in [0.15, 0.2) is 11.5 Å². The van der Waals surface area contributed by atoms with E-state index in [0.717, 1.165) is 9.87 Å². The van der Waals surface area contributed by atoms with E-state index in [1.807, 2.05) is 37.3 Å². The van der Waals surface area contributed by atoms with Gasteiger partial charge in [-0.3, -0.25) is 13.9 Å². The van der Waals surface area contributed by atoms with Crippen LogP contribution in [0.4, 0.5) is 5.69 Å². The van der Waals surface area contributed by atoms with Gasteiger partial charge in [-0.15, -0.1) is 0 Å². The molecular formula is C30H33Cl2N3O6S. The zero-order valence-corrected chi connectivity index (χ0v) is 25.7. The lowest BCUT2D eigenvalue weighted by Gasteiger charge is -2.34. The standard InChI is InChI=1S/C30H33Cl2N3O6S/c1-3-15-33-30(37)26(16-21-9-6-5-7-10-21)34(18-23-24(31)11-8-12-25(23)32)29(36)19-35(42(38,39)4-2)22-13-14-27-28(17-22)41-20-40-27/h5-14,17,26H,3-4,15-16,18-20H2,1-2H3,(H,33,37). The van der Waals surface area contributed by atoms with Gasteiger partial charge in [0.25, 0.3) is 0 Å². The highest BCUT2D eigenvalue weighted by Gasteiger charge is 2.34. The molecular weight excluding hydrogens is 601 g/mol. The number of nitrogens with one attached hydrogen (secondary N) is 1. The molecule has 0 saturated heterocycles. The third kappa shape index (κ3) is 7.48. The van der Waals surface area contributed by atoms with E-state index in [9.17, 15) is 18.0 Å². The first-order valence-corrected chi connectivity index (χ1v) is 15.9. The van der Waals surface area contributed by atoms with E-state index < -0.39 is 28.5 Å². The molecule has 0 fully saturated rings. The molecule has 1 aliphatic heterocycles. The summed E-state index contributed by atoms with van der Waals surface area (Å²) in [7, 11) is -3.93. The number of hydrogen-bond donors (Lipinski definition) is 1. The SMILES string of the molecule is CCCNC(=O)C(Cc1ccccc1)N(Cc1c(Cl)cccc1Cl)C(=O)CN(c1ccc2c(c1)OCO2)S(=O)(=O)CC. The van der Waals surface area contributed by atoms with Crippen LogP contribution in [0.5, 0.6) is 11.5 Å². The van der Waals surface area contributed by atoms with Crippen molar-refractivity contribution < 1.29 is 27.5 Å². The van der Waals surface area contributed by atoms with Gasteiger partial charge in [0.2, 0.25) is 28.6 Å². The number of sulfonamides is 1. The Kier molecular flexibility index (Phi) is 10.6. The fourth-order valence-electron chi connectivity index (χ4n) is 4.53. The molecule has 2 amide bonds. The van der Waals surface area contributed by atoms with Crippen LogP contribution in [0.25, 0.3) is 0 Å². The van der Waals surface area contributed by atoms with Gasteiger partial charge in [-0.2, -0.15) is 0 Å². The molecule has 4 rings (SSSR count). The van der Waals surface area contributed by atoms with Gasteiger partial charge in [-0.1, -0.05) is 66.5 Å². The summed E-state index contributed by atoms with van der Waals surface area (Å²) in [5.41, 5.74) is 1.51. The van der Waals surface area contributed by atoms with Crippen LogP contribution in [0.15, 0.2) is 66.7 Å². The average molecular weight is 635 g/mol. The third-order valence-electron chi connectivity index (χ3n) is 6.83. The topological polar surface area (TPSA) is 105 Å². The summed E-state index contributed by atoms with van der Waals surface area (Å²) < 4.78 is 38.5. The number of ether oxygens (including phenoxy) is 2. The largest absolute Gasteiger partial charge is 0.454 e. The molecule has 0 aromatic heterocycles. The molecule has 12 heteroatoms. The lowest BCUT2D eigenvalue weighted by atomic mass is 10.0. The molecule has 9 nitrogen and oxygen atoms in total. The summed E-state index contributed by atoms with van der Waals surface area (Å²) in [6.07, 6.45) is 0.884. The minimum absolute atomic E-state index is 0.0126. The Bertz CT molecular complexity index is 1500. The van der Waals surface area contributed by atoms with Crippen LogP contribution in [-0.4, -0.2) is 56.8 Å². The number of fused-ring (bicyclic) bond motifs is 1. The Morgan fingerprint density at radius 2 is 1.64 bits per heavy atom. The summed E-state index contributed by atoms with van der Waals surface area (Å²) in [4.78, 5) is 29.2. The predicted molar refractivity (Wildman–Crippen MR) is 164 cm³/mol. The zero-order chi connectivity index (χ0) is 30.3. The smallest absolute Gasteiger partial charge is 0.244 e. The number of carbonyl (C=O) groups is 2. The summed E-state index contributed by atoms with van der Waals surface area (Å²) in [6.45, 7) is 3.17. The van der Waals surface area contributed by atoms with E-state index in [2.05, 4.69) is 5.32 Å². The number of anilines is 1. The molecule has 224 valence electrons. The lowest BCUT2D eigenvalue weighted by Crippen LogP contribution is -2.53. The molecule has 42 heavy (non-hydrogen) atoms. The van der Waals surface area contributed by atoms with Crippen molar-refractivity contribution in [3.05, 3.63) is 87.9 Å². The number of halogens is 2. The fourth-order valence-corrected chi connectivity index (χ4v) is 6.10. The number of hydrogen-bond acceptors (Lipinski definition) is 6. The van der Waals surface area contributed by atoms with Crippen molar-refractivity contribution in [1.82, 2.24) is 10.2 Å². The van der Waals surface area contributed by atoms with Crippen LogP contribution in [0.2, 0.25) is 10.0 Å². The van der Waals surface area contributed by atoms with Crippen LogP contribution in [0.3, 0.4) is 0 Å². The maximum atomic E-state index is 14.3. The second-order valence-electron chi connectivity index (χ2n) is 9.66. The summed E-state index contributed by atoms with van der Waals surface area (Å²) in [6, 6.07) is 18.0. The Balaban J connectivity index is 1.77. The highest BCUT2D eigenvalue weighted by atomic mass is 35.5. The van der Waals surface area contributed by atoms with Gasteiger partial charge in [0.1, 0.15) is 12.6 Å². The van der Waals surface area contributed by atoms with Gasteiger partial charge >= 0.3 is 0 Å². The molecule has 0 spiro atoms. The number of benzene rings is 3. The fraction of sp³-hybridized carbons (Fsp3) is 0.333. The molecule has 1 N–H and O–H groups in total. The number of carbonyl (C=O) groups excluding carboxylic acids is 2. The second-order valence-corrected chi connectivity index (χ2v) is 12.7. The van der Waals surface area contributed by atoms with Crippen LogP contribution in [-0.2, 0) is 32.6 Å². The molecule has 1 heterocycles. The highest BCUT2D eigenvalue weighted by Crippen LogP contribution is 2.36. The van der Waals surface area contributed by atoms with Gasteiger partial charge < -0.3 is 19.7 Å². The molecule has 1 atom stereocenters. The minimum Gasteiger partial charge on any atom is -0.454 e. The molecule has 0 saturated carbocycles. The quantitative estimate of drug-likeness (QED) is 0.283. The van der Waals surface area contributed by atoms with Gasteiger partial charge in [-0.25, -0.2) is 8.42 Å². The van der Waals surface area contributed by atoms with Gasteiger partial charge in [-0.05, 0) is 43.2 Å². The van der Waals surface area contributed by atoms with E-state index in [-0.39, 0.29) is 37.1 Å². The van der Waals surface area contributed by atoms with E-state index in [0.29, 0.717) is 40.1 Å². The number of amides is 2. The van der Waals surface area contributed by atoms with Crippen LogP contribution in [0, 0.1) is 0 Å². The molecule has 0 bridgehead atoms. The summed E-state index contributed by atoms with van der Waals surface area (Å²) in [5.74, 6) is -0.380. The molecule has 0 aliphatic carbocycles. The van der Waals surface area contributed by atoms with Gasteiger partial charge in [0, 0.05) is 41.2 Å². The van der Waals surface area contributed by atoms with E-state index in [1.54, 1.807) is 30.3 Å². The molecule has 3 aromatic rings. The normalized spacial score (nSPS) is 13.0. The van der Waals surface area contributed by atoms with Crippen molar-refractivity contribution in [3.63, 3.8) is 0 Å². The molecule has 0 radical (unpaired) electrons. The molecule has 3 aromatic carbocycles. The van der Waals surface area contributed by atoms with Crippen molar-refractivity contribution in [2.45, 2.75) is 39.3 Å². The van der Waals surface area contributed by atoms with Crippen molar-refractivity contribution in [3.8, 4) is 11.5 Å². The Morgan fingerprint density at radius 1 is 0.952 bits per heavy atom. The first kappa shape index (κ1) is 31.5. The average Bonchev–Trinajstić information content (AvgIpc) is 3.46. The first-order chi connectivity index (χ1) is 20.1. The Hall–Kier alpha value is -3.47. The lowest BCUT2D eigenvalue weighted by molar-refractivity contribution is -0.140. The molecule has 1 aliphatic rings. The number of rotatable bonds is 13. The number of nitrogens with zero attached hydrogens (tertiary/aromatic N) is 2. The van der Waals surface area contributed by atoms with Crippen LogP contribution < -0.4 is 19.1 Å². The first-order valence-electron chi connectivity index (χ1n) is 13.6. The maximum absolute atomic E-state index is 14.3. The van der Waals surface area contributed by atoms with Gasteiger partial charge in [0.05, 0.1) is 11.4 Å². The monoisotopic (exact) mass is 633 g/mol. The zero-order valence-electron chi connectivity index (χ0n) is 23.4. The van der Waals surface area contributed by atoms with E-state index >= 15 is 0 Å². The van der Waals surface area contributed by atoms with Crippen molar-refractivity contribution >= 4 is 50.7 Å². The van der Waals surface area contributed by atoms with Crippen molar-refractivity contribution in [1.29, 1.82) is 0 Å².